The SMILES string of the molecule is CC[n+]1c(-c2cccs2)c2cc(N)ccc2c2ccc(N)cc21. The monoisotopic (exact) mass is 320 g/mol. The Morgan fingerprint density at radius 2 is 1.65 bits per heavy atom. The lowest BCUT2D eigenvalue weighted by Gasteiger charge is -2.11. The van der Waals surface area contributed by atoms with E-state index in [1.54, 1.807) is 11.3 Å². The summed E-state index contributed by atoms with van der Waals surface area (Å²) in [4.78, 5) is 1.24. The Kier molecular flexibility index (Phi) is 3.20. The molecule has 23 heavy (non-hydrogen) atoms. The molecule has 114 valence electrons. The van der Waals surface area contributed by atoms with E-state index in [-0.39, 0.29) is 0 Å². The van der Waals surface area contributed by atoms with Gasteiger partial charge in [-0.2, -0.15) is 4.57 Å². The van der Waals surface area contributed by atoms with Crippen LogP contribution in [0.15, 0.2) is 53.9 Å². The third-order valence-electron chi connectivity index (χ3n) is 4.24. The van der Waals surface area contributed by atoms with E-state index in [4.69, 9.17) is 11.5 Å². The molecule has 4 N–H and O–H groups in total. The highest BCUT2D eigenvalue weighted by Gasteiger charge is 2.23. The summed E-state index contributed by atoms with van der Waals surface area (Å²) in [6, 6.07) is 16.5. The summed E-state index contributed by atoms with van der Waals surface area (Å²) in [5, 5.41) is 5.71. The number of aryl methyl sites for hydroxylation is 1. The summed E-state index contributed by atoms with van der Waals surface area (Å²) < 4.78 is 2.33. The number of nitrogens with zero attached hydrogens (tertiary/aromatic N) is 1. The number of benzene rings is 2. The fourth-order valence-corrected chi connectivity index (χ4v) is 4.06. The Morgan fingerprint density at radius 1 is 0.913 bits per heavy atom. The largest absolute Gasteiger partial charge is 0.399 e. The van der Waals surface area contributed by atoms with Crippen LogP contribution < -0.4 is 16.0 Å². The fraction of sp³-hybridized carbons (Fsp3) is 0.105. The van der Waals surface area contributed by atoms with Crippen LogP contribution in [0.4, 0.5) is 11.4 Å². The molecule has 3 nitrogen and oxygen atoms in total. The van der Waals surface area contributed by atoms with Crippen molar-refractivity contribution >= 4 is 44.4 Å². The summed E-state index contributed by atoms with van der Waals surface area (Å²) in [7, 11) is 0. The number of fused-ring (bicyclic) bond motifs is 3. The number of anilines is 2. The zero-order valence-electron chi connectivity index (χ0n) is 12.9. The van der Waals surface area contributed by atoms with Crippen LogP contribution in [0.25, 0.3) is 32.2 Å². The smallest absolute Gasteiger partial charge is 0.231 e. The molecule has 0 aliphatic rings. The Morgan fingerprint density at radius 3 is 2.35 bits per heavy atom. The van der Waals surface area contributed by atoms with E-state index in [1.165, 1.54) is 26.7 Å². The van der Waals surface area contributed by atoms with Gasteiger partial charge in [0.25, 0.3) is 0 Å². The Hall–Kier alpha value is -2.59. The molecular weight excluding hydrogens is 302 g/mol. The molecule has 0 unspecified atom stereocenters. The number of hydrogen-bond acceptors (Lipinski definition) is 3. The normalized spacial score (nSPS) is 11.3. The lowest BCUT2D eigenvalue weighted by molar-refractivity contribution is -0.655. The summed E-state index contributed by atoms with van der Waals surface area (Å²) >= 11 is 1.75. The van der Waals surface area contributed by atoms with Crippen LogP contribution in [0.5, 0.6) is 0 Å². The minimum absolute atomic E-state index is 0.784. The van der Waals surface area contributed by atoms with Gasteiger partial charge in [-0.3, -0.25) is 0 Å². The summed E-state index contributed by atoms with van der Waals surface area (Å²) in [5.74, 6) is 0. The predicted molar refractivity (Wildman–Crippen MR) is 99.5 cm³/mol. The molecule has 0 amide bonds. The average molecular weight is 320 g/mol. The number of thiophene rings is 1. The van der Waals surface area contributed by atoms with Crippen LogP contribution >= 0.6 is 11.3 Å². The third-order valence-corrected chi connectivity index (χ3v) is 5.12. The van der Waals surface area contributed by atoms with E-state index >= 15 is 0 Å². The molecule has 0 saturated carbocycles. The van der Waals surface area contributed by atoms with Gasteiger partial charge in [-0.25, -0.2) is 0 Å². The highest BCUT2D eigenvalue weighted by molar-refractivity contribution is 7.13. The van der Waals surface area contributed by atoms with Gasteiger partial charge in [0.2, 0.25) is 11.2 Å². The van der Waals surface area contributed by atoms with Crippen molar-refractivity contribution in [1.82, 2.24) is 0 Å². The van der Waals surface area contributed by atoms with Crippen molar-refractivity contribution in [3.63, 3.8) is 0 Å². The minimum Gasteiger partial charge on any atom is -0.399 e. The molecule has 0 radical (unpaired) electrons. The second-order valence-corrected chi connectivity index (χ2v) is 6.60. The first kappa shape index (κ1) is 14.0. The summed E-state index contributed by atoms with van der Waals surface area (Å²) in [6.45, 7) is 3.04. The van der Waals surface area contributed by atoms with Gasteiger partial charge in [0.05, 0.1) is 15.6 Å². The van der Waals surface area contributed by atoms with E-state index in [1.807, 2.05) is 12.1 Å². The maximum Gasteiger partial charge on any atom is 0.231 e. The van der Waals surface area contributed by atoms with Gasteiger partial charge in [0, 0.05) is 22.8 Å². The van der Waals surface area contributed by atoms with Gasteiger partial charge in [-0.1, -0.05) is 12.1 Å². The molecule has 2 aromatic carbocycles. The molecule has 4 heteroatoms. The van der Waals surface area contributed by atoms with Gasteiger partial charge in [0.1, 0.15) is 6.54 Å². The average Bonchev–Trinajstić information content (AvgIpc) is 3.07. The van der Waals surface area contributed by atoms with Gasteiger partial charge >= 0.3 is 0 Å². The van der Waals surface area contributed by atoms with E-state index in [2.05, 4.69) is 53.3 Å². The Bertz CT molecular complexity index is 1020. The van der Waals surface area contributed by atoms with Crippen molar-refractivity contribution in [2.45, 2.75) is 13.5 Å². The predicted octanol–water partition coefficient (Wildman–Crippen LogP) is 4.19. The molecule has 0 bridgehead atoms. The summed E-state index contributed by atoms with van der Waals surface area (Å²) in [5.41, 5.74) is 16.1. The number of rotatable bonds is 2. The van der Waals surface area contributed by atoms with E-state index in [9.17, 15) is 0 Å². The van der Waals surface area contributed by atoms with Crippen molar-refractivity contribution in [3.05, 3.63) is 53.9 Å². The molecule has 0 spiro atoms. The van der Waals surface area contributed by atoms with Gasteiger partial charge in [-0.15, -0.1) is 11.3 Å². The van der Waals surface area contributed by atoms with Crippen LogP contribution in [0, 0.1) is 0 Å². The molecule has 0 aliphatic heterocycles. The maximum atomic E-state index is 6.08. The number of hydrogen-bond donors (Lipinski definition) is 2. The fourth-order valence-electron chi connectivity index (χ4n) is 3.27. The second-order valence-electron chi connectivity index (χ2n) is 5.65. The molecular formula is C19H18N3S+. The zero-order valence-corrected chi connectivity index (χ0v) is 13.7. The number of aromatic nitrogens is 1. The second kappa shape index (κ2) is 5.25. The van der Waals surface area contributed by atoms with Crippen LogP contribution in [0.3, 0.4) is 0 Å². The Balaban J connectivity index is 2.29. The van der Waals surface area contributed by atoms with Crippen molar-refractivity contribution in [3.8, 4) is 10.6 Å². The number of nitrogen functional groups attached to an aromatic ring is 2. The lowest BCUT2D eigenvalue weighted by Crippen LogP contribution is -2.36. The highest BCUT2D eigenvalue weighted by Crippen LogP contribution is 2.34. The van der Waals surface area contributed by atoms with E-state index in [0.717, 1.165) is 23.4 Å². The molecule has 0 saturated heterocycles. The standard InChI is InChI=1S/C19H17N3S/c1-2-22-17-11-13(21)6-8-15(17)14-7-5-12(20)10-16(14)19(22)18-4-3-9-23-18/h3-11,21H,2,20H2,1H3/p+1. The quantitative estimate of drug-likeness (QED) is 0.330. The van der Waals surface area contributed by atoms with Crippen LogP contribution in [0.2, 0.25) is 0 Å². The van der Waals surface area contributed by atoms with Crippen LogP contribution in [-0.4, -0.2) is 0 Å². The van der Waals surface area contributed by atoms with Gasteiger partial charge in [-0.05, 0) is 42.6 Å². The first-order valence-electron chi connectivity index (χ1n) is 7.67. The lowest BCUT2D eigenvalue weighted by atomic mass is 10.0. The van der Waals surface area contributed by atoms with Gasteiger partial charge < -0.3 is 11.5 Å². The maximum absolute atomic E-state index is 6.08. The number of pyridine rings is 1. The molecule has 4 rings (SSSR count). The van der Waals surface area contributed by atoms with Crippen molar-refractivity contribution in [1.29, 1.82) is 0 Å². The van der Waals surface area contributed by atoms with Crippen LogP contribution in [0.1, 0.15) is 6.92 Å². The first-order chi connectivity index (χ1) is 11.2. The number of nitrogens with two attached hydrogens (primary N) is 2. The van der Waals surface area contributed by atoms with Crippen LogP contribution in [-0.2, 0) is 6.54 Å². The molecule has 0 fully saturated rings. The van der Waals surface area contributed by atoms with Crippen molar-refractivity contribution < 1.29 is 4.57 Å². The first-order valence-corrected chi connectivity index (χ1v) is 8.55. The molecule has 0 atom stereocenters. The summed E-state index contributed by atoms with van der Waals surface area (Å²) in [6.07, 6.45) is 0. The third kappa shape index (κ3) is 2.14. The molecule has 4 aromatic rings. The Labute approximate surface area is 138 Å². The topological polar surface area (TPSA) is 55.9 Å². The molecule has 2 heterocycles. The van der Waals surface area contributed by atoms with E-state index in [0.29, 0.717) is 0 Å². The zero-order chi connectivity index (χ0) is 16.0. The van der Waals surface area contributed by atoms with Gasteiger partial charge in [0.15, 0.2) is 0 Å². The minimum atomic E-state index is 0.784. The molecule has 2 aromatic heterocycles. The highest BCUT2D eigenvalue weighted by atomic mass is 32.1. The van der Waals surface area contributed by atoms with Crippen molar-refractivity contribution in [2.24, 2.45) is 0 Å². The van der Waals surface area contributed by atoms with E-state index < -0.39 is 0 Å². The van der Waals surface area contributed by atoms with Crippen molar-refractivity contribution in [2.75, 3.05) is 11.5 Å². The molecule has 0 aliphatic carbocycles.